The Bertz CT molecular complexity index is 578. The van der Waals surface area contributed by atoms with Gasteiger partial charge in [-0.15, -0.1) is 11.3 Å². The first-order chi connectivity index (χ1) is 9.90. The Hall–Kier alpha value is -1.63. The van der Waals surface area contributed by atoms with E-state index in [1.165, 1.54) is 11.3 Å². The Morgan fingerprint density at radius 2 is 2.29 bits per heavy atom. The minimum absolute atomic E-state index is 0.367. The number of nitriles is 1. The van der Waals surface area contributed by atoms with Crippen LogP contribution in [0.5, 0.6) is 0 Å². The van der Waals surface area contributed by atoms with E-state index in [1.54, 1.807) is 0 Å². The molecule has 2 rings (SSSR count). The Balaban J connectivity index is 1.98. The molecule has 1 aromatic heterocycles. The van der Waals surface area contributed by atoms with Crippen molar-refractivity contribution in [3.63, 3.8) is 0 Å². The smallest absolute Gasteiger partial charge is 0.362 e. The van der Waals surface area contributed by atoms with Crippen LogP contribution in [0.1, 0.15) is 16.0 Å². The predicted molar refractivity (Wildman–Crippen MR) is 69.9 cm³/mol. The van der Waals surface area contributed by atoms with Gasteiger partial charge in [-0.2, -0.15) is 18.4 Å². The standard InChI is InChI=1S/C12H12F3N3O2S/c13-12(14,15)6-20-5-10(19)18-11-8(3-16)7-1-2-17-4-9(7)21-11/h17H,1-2,4-6H2,(H,18,19). The molecule has 0 aliphatic carbocycles. The molecule has 114 valence electrons. The molecule has 0 saturated carbocycles. The van der Waals surface area contributed by atoms with Gasteiger partial charge in [0.2, 0.25) is 0 Å². The van der Waals surface area contributed by atoms with Gasteiger partial charge in [0.25, 0.3) is 5.91 Å². The van der Waals surface area contributed by atoms with Gasteiger partial charge in [0, 0.05) is 11.4 Å². The van der Waals surface area contributed by atoms with Crippen LogP contribution in [0.25, 0.3) is 0 Å². The number of carbonyl (C=O) groups excluding carboxylic acids is 1. The summed E-state index contributed by atoms with van der Waals surface area (Å²) in [6.07, 6.45) is -3.78. The molecule has 0 aromatic carbocycles. The molecule has 1 aromatic rings. The lowest BCUT2D eigenvalue weighted by Crippen LogP contribution is -2.24. The van der Waals surface area contributed by atoms with E-state index in [0.29, 0.717) is 23.5 Å². The first kappa shape index (κ1) is 15.8. The number of fused-ring (bicyclic) bond motifs is 1. The van der Waals surface area contributed by atoms with Gasteiger partial charge >= 0.3 is 6.18 Å². The molecule has 0 atom stereocenters. The number of thiophene rings is 1. The van der Waals surface area contributed by atoms with E-state index in [4.69, 9.17) is 5.26 Å². The van der Waals surface area contributed by atoms with E-state index in [1.807, 2.05) is 6.07 Å². The quantitative estimate of drug-likeness (QED) is 0.887. The number of anilines is 1. The Kier molecular flexibility index (Phi) is 4.82. The van der Waals surface area contributed by atoms with Gasteiger partial charge in [0.05, 0.1) is 5.56 Å². The SMILES string of the molecule is N#Cc1c(NC(=O)COCC(F)(F)F)sc2c1CCNC2. The summed E-state index contributed by atoms with van der Waals surface area (Å²) >= 11 is 1.26. The van der Waals surface area contributed by atoms with Crippen LogP contribution < -0.4 is 10.6 Å². The minimum Gasteiger partial charge on any atom is -0.362 e. The Morgan fingerprint density at radius 3 is 2.95 bits per heavy atom. The van der Waals surface area contributed by atoms with Crippen LogP contribution in [0.3, 0.4) is 0 Å². The molecule has 2 N–H and O–H groups in total. The van der Waals surface area contributed by atoms with Gasteiger partial charge in [0.15, 0.2) is 0 Å². The van der Waals surface area contributed by atoms with Crippen molar-refractivity contribution in [2.75, 3.05) is 25.1 Å². The number of nitrogens with one attached hydrogen (secondary N) is 2. The maximum Gasteiger partial charge on any atom is 0.411 e. The number of halogens is 3. The molecular weight excluding hydrogens is 307 g/mol. The van der Waals surface area contributed by atoms with Gasteiger partial charge < -0.3 is 15.4 Å². The number of carbonyl (C=O) groups is 1. The van der Waals surface area contributed by atoms with Crippen molar-refractivity contribution in [1.29, 1.82) is 5.26 Å². The second-order valence-corrected chi connectivity index (χ2v) is 5.51. The molecule has 0 radical (unpaired) electrons. The molecule has 0 saturated heterocycles. The summed E-state index contributed by atoms with van der Waals surface area (Å²) in [5.74, 6) is -0.706. The van der Waals surface area contributed by atoms with E-state index < -0.39 is 25.3 Å². The third-order valence-electron chi connectivity index (χ3n) is 2.79. The Labute approximate surface area is 122 Å². The third-order valence-corrected chi connectivity index (χ3v) is 3.94. The average Bonchev–Trinajstić information content (AvgIpc) is 2.74. The van der Waals surface area contributed by atoms with Crippen LogP contribution >= 0.6 is 11.3 Å². The molecule has 1 amide bonds. The van der Waals surface area contributed by atoms with Crippen molar-refractivity contribution >= 4 is 22.2 Å². The fourth-order valence-corrected chi connectivity index (χ4v) is 3.15. The normalized spacial score (nSPS) is 14.4. The van der Waals surface area contributed by atoms with Gasteiger partial charge in [-0.1, -0.05) is 0 Å². The third kappa shape index (κ3) is 4.17. The fraction of sp³-hybridized carbons (Fsp3) is 0.500. The van der Waals surface area contributed by atoms with Crippen molar-refractivity contribution in [2.45, 2.75) is 19.1 Å². The summed E-state index contributed by atoms with van der Waals surface area (Å²) in [7, 11) is 0. The zero-order valence-electron chi connectivity index (χ0n) is 10.8. The predicted octanol–water partition coefficient (Wildman–Crippen LogP) is 1.78. The highest BCUT2D eigenvalue weighted by Gasteiger charge is 2.28. The average molecular weight is 319 g/mol. The maximum atomic E-state index is 11.9. The summed E-state index contributed by atoms with van der Waals surface area (Å²) in [6, 6.07) is 2.04. The molecule has 1 aliphatic heterocycles. The van der Waals surface area contributed by atoms with Crippen molar-refractivity contribution in [2.24, 2.45) is 0 Å². The van der Waals surface area contributed by atoms with Crippen LogP contribution in [-0.4, -0.2) is 31.8 Å². The van der Waals surface area contributed by atoms with E-state index in [0.717, 1.165) is 17.0 Å². The highest BCUT2D eigenvalue weighted by molar-refractivity contribution is 7.16. The van der Waals surface area contributed by atoms with Crippen molar-refractivity contribution in [3.05, 3.63) is 16.0 Å². The second-order valence-electron chi connectivity index (χ2n) is 4.40. The zero-order chi connectivity index (χ0) is 15.5. The summed E-state index contributed by atoms with van der Waals surface area (Å²) < 4.78 is 40.0. The molecule has 21 heavy (non-hydrogen) atoms. The van der Waals surface area contributed by atoms with Crippen molar-refractivity contribution < 1.29 is 22.7 Å². The minimum atomic E-state index is -4.47. The summed E-state index contributed by atoms with van der Waals surface area (Å²) in [5, 5.41) is 15.1. The molecule has 0 spiro atoms. The first-order valence-corrected chi connectivity index (χ1v) is 6.92. The lowest BCUT2D eigenvalue weighted by Gasteiger charge is -2.11. The van der Waals surface area contributed by atoms with Gasteiger partial charge in [0.1, 0.15) is 24.3 Å². The van der Waals surface area contributed by atoms with E-state index >= 15 is 0 Å². The highest BCUT2D eigenvalue weighted by Crippen LogP contribution is 2.34. The van der Waals surface area contributed by atoms with Gasteiger partial charge in [-0.25, -0.2) is 0 Å². The molecule has 0 unspecified atom stereocenters. The molecule has 0 bridgehead atoms. The highest BCUT2D eigenvalue weighted by atomic mass is 32.1. The van der Waals surface area contributed by atoms with Crippen LogP contribution in [0.2, 0.25) is 0 Å². The number of amides is 1. The van der Waals surface area contributed by atoms with E-state index in [9.17, 15) is 18.0 Å². The van der Waals surface area contributed by atoms with Gasteiger partial charge in [-0.05, 0) is 18.5 Å². The largest absolute Gasteiger partial charge is 0.411 e. The summed E-state index contributed by atoms with van der Waals surface area (Å²) in [6.45, 7) is -0.808. The van der Waals surface area contributed by atoms with Crippen LogP contribution in [-0.2, 0) is 22.5 Å². The Morgan fingerprint density at radius 1 is 1.52 bits per heavy atom. The number of ether oxygens (including phenoxy) is 1. The molecule has 5 nitrogen and oxygen atoms in total. The monoisotopic (exact) mass is 319 g/mol. The van der Waals surface area contributed by atoms with Crippen LogP contribution in [0, 0.1) is 11.3 Å². The van der Waals surface area contributed by atoms with Crippen molar-refractivity contribution in [3.8, 4) is 6.07 Å². The molecule has 2 heterocycles. The lowest BCUT2D eigenvalue weighted by atomic mass is 10.1. The second kappa shape index (κ2) is 6.43. The molecule has 1 aliphatic rings. The summed E-state index contributed by atoms with van der Waals surface area (Å²) in [4.78, 5) is 12.5. The number of nitrogens with zero attached hydrogens (tertiary/aromatic N) is 1. The fourth-order valence-electron chi connectivity index (χ4n) is 1.96. The number of rotatable bonds is 4. The summed E-state index contributed by atoms with van der Waals surface area (Å²) in [5.41, 5.74) is 1.29. The van der Waals surface area contributed by atoms with Gasteiger partial charge in [-0.3, -0.25) is 4.79 Å². The lowest BCUT2D eigenvalue weighted by molar-refractivity contribution is -0.174. The van der Waals surface area contributed by atoms with Crippen LogP contribution in [0.4, 0.5) is 18.2 Å². The van der Waals surface area contributed by atoms with E-state index in [2.05, 4.69) is 15.4 Å². The topological polar surface area (TPSA) is 74.2 Å². The van der Waals surface area contributed by atoms with Crippen LogP contribution in [0.15, 0.2) is 0 Å². The van der Waals surface area contributed by atoms with Crippen molar-refractivity contribution in [1.82, 2.24) is 5.32 Å². The van der Waals surface area contributed by atoms with E-state index in [-0.39, 0.29) is 0 Å². The molecule has 9 heteroatoms. The zero-order valence-corrected chi connectivity index (χ0v) is 11.7. The molecule has 0 fully saturated rings. The number of hydrogen-bond donors (Lipinski definition) is 2. The number of hydrogen-bond acceptors (Lipinski definition) is 5. The first-order valence-electron chi connectivity index (χ1n) is 6.10. The maximum absolute atomic E-state index is 11.9. The number of alkyl halides is 3. The molecular formula is C12H12F3N3O2S.